The van der Waals surface area contributed by atoms with E-state index in [0.29, 0.717) is 35.6 Å². The third-order valence-corrected chi connectivity index (χ3v) is 5.84. The number of nitrogens with one attached hydrogen (secondary N) is 1. The Morgan fingerprint density at radius 2 is 1.93 bits per heavy atom. The van der Waals surface area contributed by atoms with Crippen LogP contribution in [-0.2, 0) is 11.3 Å². The van der Waals surface area contributed by atoms with Gasteiger partial charge in [0, 0.05) is 34.3 Å². The number of benzene rings is 2. The van der Waals surface area contributed by atoms with Gasteiger partial charge in [-0.05, 0) is 61.4 Å². The lowest BCUT2D eigenvalue weighted by Crippen LogP contribution is -2.23. The Morgan fingerprint density at radius 3 is 2.72 bits per heavy atom. The van der Waals surface area contributed by atoms with Crippen molar-refractivity contribution in [2.45, 2.75) is 26.3 Å². The molecular formula is C22H19BrClN3O2. The fourth-order valence-corrected chi connectivity index (χ4v) is 3.97. The summed E-state index contributed by atoms with van der Waals surface area (Å²) in [4.78, 5) is 25.3. The molecule has 1 N–H and O–H groups in total. The van der Waals surface area contributed by atoms with E-state index >= 15 is 0 Å². The molecule has 0 saturated heterocycles. The van der Waals surface area contributed by atoms with Gasteiger partial charge in [-0.25, -0.2) is 0 Å². The molecule has 4 aromatic rings. The highest BCUT2D eigenvalue weighted by atomic mass is 79.9. The number of fused-ring (bicyclic) bond motifs is 3. The van der Waals surface area contributed by atoms with E-state index in [1.807, 2.05) is 60.0 Å². The molecule has 0 bridgehead atoms. The SMILES string of the molecule is Cc1ccc(NC(=O)CCCn2c(=O)c3cccn3c3ccc(Br)cc32)cc1Cl. The highest BCUT2D eigenvalue weighted by molar-refractivity contribution is 9.10. The molecule has 7 heteroatoms. The van der Waals surface area contributed by atoms with Crippen molar-refractivity contribution in [1.29, 1.82) is 0 Å². The molecule has 0 aliphatic rings. The van der Waals surface area contributed by atoms with Crippen LogP contribution in [0.1, 0.15) is 18.4 Å². The fourth-order valence-electron chi connectivity index (χ4n) is 3.44. The summed E-state index contributed by atoms with van der Waals surface area (Å²) in [6, 6.07) is 15.0. The van der Waals surface area contributed by atoms with Crippen LogP contribution < -0.4 is 10.9 Å². The van der Waals surface area contributed by atoms with E-state index in [4.69, 9.17) is 11.6 Å². The van der Waals surface area contributed by atoms with Crippen LogP contribution in [0.2, 0.25) is 5.02 Å². The first-order valence-electron chi connectivity index (χ1n) is 9.29. The largest absolute Gasteiger partial charge is 0.326 e. The van der Waals surface area contributed by atoms with Crippen LogP contribution in [0.25, 0.3) is 16.6 Å². The maximum atomic E-state index is 13.0. The molecule has 2 heterocycles. The summed E-state index contributed by atoms with van der Waals surface area (Å²) >= 11 is 9.60. The third kappa shape index (κ3) is 3.95. The van der Waals surface area contributed by atoms with E-state index in [9.17, 15) is 9.59 Å². The van der Waals surface area contributed by atoms with Crippen LogP contribution in [0.15, 0.2) is 64.0 Å². The van der Waals surface area contributed by atoms with E-state index in [1.165, 1.54) is 0 Å². The molecule has 0 aliphatic heterocycles. The quantitative estimate of drug-likeness (QED) is 0.423. The number of aromatic nitrogens is 2. The number of anilines is 1. The van der Waals surface area contributed by atoms with Crippen molar-refractivity contribution in [1.82, 2.24) is 8.97 Å². The van der Waals surface area contributed by atoms with Gasteiger partial charge in [0.05, 0.1) is 11.0 Å². The zero-order valence-corrected chi connectivity index (χ0v) is 18.1. The summed E-state index contributed by atoms with van der Waals surface area (Å²) in [5, 5.41) is 3.48. The number of amides is 1. The number of aryl methyl sites for hydroxylation is 2. The molecule has 0 unspecified atom stereocenters. The maximum absolute atomic E-state index is 13.0. The van der Waals surface area contributed by atoms with Crippen LogP contribution in [-0.4, -0.2) is 14.9 Å². The molecule has 0 aliphatic carbocycles. The van der Waals surface area contributed by atoms with Crippen molar-refractivity contribution >= 4 is 55.7 Å². The molecule has 2 aromatic carbocycles. The number of nitrogens with zero attached hydrogens (tertiary/aromatic N) is 2. The first-order valence-corrected chi connectivity index (χ1v) is 10.5. The summed E-state index contributed by atoms with van der Waals surface area (Å²) in [7, 11) is 0. The Bertz CT molecular complexity index is 1290. The Hall–Kier alpha value is -2.57. The van der Waals surface area contributed by atoms with Crippen LogP contribution >= 0.6 is 27.5 Å². The van der Waals surface area contributed by atoms with Gasteiger partial charge in [-0.15, -0.1) is 0 Å². The predicted octanol–water partition coefficient (Wildman–Crippen LogP) is 5.40. The average molecular weight is 473 g/mol. The normalized spacial score (nSPS) is 11.3. The molecule has 1 amide bonds. The summed E-state index contributed by atoms with van der Waals surface area (Å²) in [5.41, 5.74) is 3.98. The molecule has 0 spiro atoms. The van der Waals surface area contributed by atoms with Gasteiger partial charge in [0.1, 0.15) is 5.52 Å². The predicted molar refractivity (Wildman–Crippen MR) is 121 cm³/mol. The Kier molecular flexibility index (Phi) is 5.48. The van der Waals surface area contributed by atoms with Crippen molar-refractivity contribution in [3.05, 3.63) is 80.1 Å². The molecule has 0 radical (unpaired) electrons. The van der Waals surface area contributed by atoms with Gasteiger partial charge in [0.15, 0.2) is 0 Å². The fraction of sp³-hybridized carbons (Fsp3) is 0.182. The van der Waals surface area contributed by atoms with Gasteiger partial charge < -0.3 is 14.3 Å². The monoisotopic (exact) mass is 471 g/mol. The van der Waals surface area contributed by atoms with E-state index in [0.717, 1.165) is 21.1 Å². The molecule has 0 fully saturated rings. The molecular weight excluding hydrogens is 454 g/mol. The molecule has 2 aromatic heterocycles. The summed E-state index contributed by atoms with van der Waals surface area (Å²) < 4.78 is 4.54. The van der Waals surface area contributed by atoms with Gasteiger partial charge in [0.25, 0.3) is 5.56 Å². The first kappa shape index (κ1) is 19.7. The Balaban J connectivity index is 1.54. The van der Waals surface area contributed by atoms with Gasteiger partial charge in [-0.1, -0.05) is 33.6 Å². The minimum atomic E-state index is -0.104. The van der Waals surface area contributed by atoms with E-state index in [2.05, 4.69) is 21.2 Å². The van der Waals surface area contributed by atoms with Crippen molar-refractivity contribution in [2.75, 3.05) is 5.32 Å². The summed E-state index contributed by atoms with van der Waals surface area (Å²) in [5.74, 6) is -0.104. The smallest absolute Gasteiger partial charge is 0.275 e. The molecule has 0 atom stereocenters. The van der Waals surface area contributed by atoms with Crippen molar-refractivity contribution in [2.24, 2.45) is 0 Å². The van der Waals surface area contributed by atoms with Crippen molar-refractivity contribution < 1.29 is 4.79 Å². The highest BCUT2D eigenvalue weighted by Crippen LogP contribution is 2.22. The minimum absolute atomic E-state index is 0.0636. The summed E-state index contributed by atoms with van der Waals surface area (Å²) in [6.45, 7) is 2.37. The number of halogens is 2. The van der Waals surface area contributed by atoms with E-state index < -0.39 is 0 Å². The second kappa shape index (κ2) is 8.05. The van der Waals surface area contributed by atoms with Crippen LogP contribution in [0.5, 0.6) is 0 Å². The highest BCUT2D eigenvalue weighted by Gasteiger charge is 2.12. The van der Waals surface area contributed by atoms with Crippen LogP contribution in [0, 0.1) is 6.92 Å². The number of carbonyl (C=O) groups excluding carboxylic acids is 1. The zero-order chi connectivity index (χ0) is 20.5. The molecule has 0 saturated carbocycles. The molecule has 148 valence electrons. The summed E-state index contributed by atoms with van der Waals surface area (Å²) in [6.07, 6.45) is 2.74. The third-order valence-electron chi connectivity index (χ3n) is 4.94. The number of hydrogen-bond acceptors (Lipinski definition) is 2. The standard InChI is InChI=1S/C22H19BrClN3O2/c1-14-6-8-16(13-17(14)24)25-21(28)5-3-11-27-20-12-15(23)7-9-18(20)26-10-2-4-19(26)22(27)29/h2,4,6-10,12-13H,3,5,11H2,1H3,(H,25,28). The van der Waals surface area contributed by atoms with Gasteiger partial charge >= 0.3 is 0 Å². The number of rotatable bonds is 5. The maximum Gasteiger partial charge on any atom is 0.275 e. The van der Waals surface area contributed by atoms with E-state index in [-0.39, 0.29) is 11.5 Å². The van der Waals surface area contributed by atoms with Crippen LogP contribution in [0.4, 0.5) is 5.69 Å². The zero-order valence-electron chi connectivity index (χ0n) is 15.8. The van der Waals surface area contributed by atoms with E-state index in [1.54, 1.807) is 10.6 Å². The average Bonchev–Trinajstić information content (AvgIpc) is 3.17. The Labute approximate surface area is 181 Å². The first-order chi connectivity index (χ1) is 13.9. The Morgan fingerprint density at radius 1 is 1.10 bits per heavy atom. The van der Waals surface area contributed by atoms with Crippen LogP contribution in [0.3, 0.4) is 0 Å². The van der Waals surface area contributed by atoms with Crippen molar-refractivity contribution in [3.8, 4) is 0 Å². The van der Waals surface area contributed by atoms with Gasteiger partial charge in [-0.3, -0.25) is 9.59 Å². The second-order valence-electron chi connectivity index (χ2n) is 6.97. The number of hydrogen-bond donors (Lipinski definition) is 1. The topological polar surface area (TPSA) is 55.5 Å². The molecule has 4 rings (SSSR count). The molecule has 5 nitrogen and oxygen atoms in total. The lowest BCUT2D eigenvalue weighted by Gasteiger charge is -2.13. The lowest BCUT2D eigenvalue weighted by molar-refractivity contribution is -0.116. The second-order valence-corrected chi connectivity index (χ2v) is 8.29. The number of carbonyl (C=O) groups is 1. The van der Waals surface area contributed by atoms with Gasteiger partial charge in [-0.2, -0.15) is 0 Å². The van der Waals surface area contributed by atoms with Gasteiger partial charge in [0.2, 0.25) is 5.91 Å². The molecule has 29 heavy (non-hydrogen) atoms. The van der Waals surface area contributed by atoms with Crippen molar-refractivity contribution in [3.63, 3.8) is 0 Å². The lowest BCUT2D eigenvalue weighted by atomic mass is 10.2. The minimum Gasteiger partial charge on any atom is -0.326 e.